The molecule has 7 heteroatoms. The number of aromatic nitrogens is 2. The van der Waals surface area contributed by atoms with Gasteiger partial charge < -0.3 is 15.0 Å². The van der Waals surface area contributed by atoms with Gasteiger partial charge in [0.15, 0.2) is 5.82 Å². The first-order valence-corrected chi connectivity index (χ1v) is 7.13. The molecule has 108 valence electrons. The Balaban J connectivity index is 1.91. The van der Waals surface area contributed by atoms with Crippen LogP contribution >= 0.6 is 11.8 Å². The van der Waals surface area contributed by atoms with Gasteiger partial charge in [0.05, 0.1) is 18.3 Å². The molecule has 0 spiro atoms. The fourth-order valence-electron chi connectivity index (χ4n) is 1.59. The summed E-state index contributed by atoms with van der Waals surface area (Å²) in [5.74, 6) is 1.21. The van der Waals surface area contributed by atoms with Crippen molar-refractivity contribution in [1.82, 2.24) is 10.1 Å². The Hall–Kier alpha value is -1.44. The summed E-state index contributed by atoms with van der Waals surface area (Å²) in [6, 6.07) is 6.59. The van der Waals surface area contributed by atoms with Gasteiger partial charge in [0.2, 0.25) is 5.89 Å². The number of thioether (sulfide) groups is 1. The molecule has 2 rings (SSSR count). The monoisotopic (exact) mass is 297 g/mol. The molecule has 2 N–H and O–H groups in total. The van der Waals surface area contributed by atoms with E-state index in [0.29, 0.717) is 35.3 Å². The molecule has 5 nitrogen and oxygen atoms in total. The number of hydrogen-bond acceptors (Lipinski definition) is 6. The second-order valence-electron chi connectivity index (χ2n) is 4.12. The molecule has 0 amide bonds. The lowest BCUT2D eigenvalue weighted by atomic mass is 10.2. The summed E-state index contributed by atoms with van der Waals surface area (Å²) in [5.41, 5.74) is 5.53. The Morgan fingerprint density at radius 3 is 2.95 bits per heavy atom. The van der Waals surface area contributed by atoms with Crippen molar-refractivity contribution in [3.63, 3.8) is 0 Å². The molecule has 0 fully saturated rings. The fraction of sp³-hybridized carbons (Fsp3) is 0.385. The number of rotatable bonds is 7. The Morgan fingerprint density at radius 2 is 2.25 bits per heavy atom. The number of halogens is 1. The van der Waals surface area contributed by atoms with Crippen LogP contribution in [-0.4, -0.2) is 29.9 Å². The average Bonchev–Trinajstić information content (AvgIpc) is 2.91. The number of nitrogens with two attached hydrogens (primary N) is 1. The summed E-state index contributed by atoms with van der Waals surface area (Å²) >= 11 is 1.33. The first kappa shape index (κ1) is 15.0. The van der Waals surface area contributed by atoms with Crippen LogP contribution in [0.4, 0.5) is 4.39 Å². The standard InChI is InChI=1S/C13H16FN3O2S/c1-18-9(7-15)6-13-16-12(17-19-13)8-20-11-5-3-2-4-10(11)14/h2-5,9H,6-8,15H2,1H3. The SMILES string of the molecule is COC(CN)Cc1nc(CSc2ccccc2F)no1. The summed E-state index contributed by atoms with van der Waals surface area (Å²) in [6.07, 6.45) is 0.340. The van der Waals surface area contributed by atoms with Crippen LogP contribution in [0.3, 0.4) is 0 Å². The lowest BCUT2D eigenvalue weighted by Gasteiger charge is -2.08. The lowest BCUT2D eigenvalue weighted by molar-refractivity contribution is 0.102. The maximum Gasteiger partial charge on any atom is 0.229 e. The van der Waals surface area contributed by atoms with Crippen LogP contribution in [-0.2, 0) is 16.9 Å². The van der Waals surface area contributed by atoms with Gasteiger partial charge in [-0.1, -0.05) is 17.3 Å². The van der Waals surface area contributed by atoms with E-state index in [2.05, 4.69) is 10.1 Å². The molecule has 0 bridgehead atoms. The third-order valence-electron chi connectivity index (χ3n) is 2.70. The van der Waals surface area contributed by atoms with E-state index < -0.39 is 0 Å². The predicted molar refractivity (Wildman–Crippen MR) is 73.8 cm³/mol. The van der Waals surface area contributed by atoms with E-state index >= 15 is 0 Å². The van der Waals surface area contributed by atoms with Crippen molar-refractivity contribution in [3.05, 3.63) is 41.8 Å². The highest BCUT2D eigenvalue weighted by Crippen LogP contribution is 2.24. The van der Waals surface area contributed by atoms with Gasteiger partial charge >= 0.3 is 0 Å². The van der Waals surface area contributed by atoms with Crippen molar-refractivity contribution in [2.75, 3.05) is 13.7 Å². The Kier molecular flexibility index (Phi) is 5.51. The number of benzene rings is 1. The van der Waals surface area contributed by atoms with Gasteiger partial charge in [-0.25, -0.2) is 4.39 Å². The van der Waals surface area contributed by atoms with Gasteiger partial charge in [-0.2, -0.15) is 4.98 Å². The van der Waals surface area contributed by atoms with Gasteiger partial charge in [0.25, 0.3) is 0 Å². The molecule has 0 radical (unpaired) electrons. The van der Waals surface area contributed by atoms with Crippen LogP contribution in [0.2, 0.25) is 0 Å². The second-order valence-corrected chi connectivity index (χ2v) is 5.14. The van der Waals surface area contributed by atoms with Crippen LogP contribution in [0.5, 0.6) is 0 Å². The maximum atomic E-state index is 13.4. The topological polar surface area (TPSA) is 74.2 Å². The van der Waals surface area contributed by atoms with Crippen molar-refractivity contribution in [3.8, 4) is 0 Å². The van der Waals surface area contributed by atoms with Gasteiger partial charge in [-0.3, -0.25) is 0 Å². The zero-order chi connectivity index (χ0) is 14.4. The van der Waals surface area contributed by atoms with Crippen molar-refractivity contribution < 1.29 is 13.7 Å². The van der Waals surface area contributed by atoms with E-state index in [-0.39, 0.29) is 11.9 Å². The molecule has 1 heterocycles. The first-order chi connectivity index (χ1) is 9.72. The predicted octanol–water partition coefficient (Wildman–Crippen LogP) is 2.02. The van der Waals surface area contributed by atoms with Crippen LogP contribution in [0.25, 0.3) is 0 Å². The van der Waals surface area contributed by atoms with Crippen LogP contribution < -0.4 is 5.73 Å². The summed E-state index contributed by atoms with van der Waals surface area (Å²) in [5, 5.41) is 3.86. The summed E-state index contributed by atoms with van der Waals surface area (Å²) in [6.45, 7) is 0.387. The zero-order valence-corrected chi connectivity index (χ0v) is 11.9. The summed E-state index contributed by atoms with van der Waals surface area (Å²) in [7, 11) is 1.59. The molecule has 0 saturated carbocycles. The van der Waals surface area contributed by atoms with E-state index in [4.69, 9.17) is 15.0 Å². The molecule has 20 heavy (non-hydrogen) atoms. The Morgan fingerprint density at radius 1 is 1.45 bits per heavy atom. The highest BCUT2D eigenvalue weighted by atomic mass is 32.2. The molecular weight excluding hydrogens is 281 g/mol. The molecule has 0 aliphatic carbocycles. The third-order valence-corrected chi connectivity index (χ3v) is 3.75. The van der Waals surface area contributed by atoms with Crippen molar-refractivity contribution >= 4 is 11.8 Å². The summed E-state index contributed by atoms with van der Waals surface area (Å²) in [4.78, 5) is 4.80. The quantitative estimate of drug-likeness (QED) is 0.788. The second kappa shape index (κ2) is 7.37. The molecule has 0 saturated heterocycles. The van der Waals surface area contributed by atoms with E-state index in [9.17, 15) is 4.39 Å². The smallest absolute Gasteiger partial charge is 0.229 e. The minimum absolute atomic E-state index is 0.137. The zero-order valence-electron chi connectivity index (χ0n) is 11.1. The molecule has 0 aliphatic rings. The van der Waals surface area contributed by atoms with Crippen LogP contribution in [0.1, 0.15) is 11.7 Å². The van der Waals surface area contributed by atoms with Crippen LogP contribution in [0.15, 0.2) is 33.7 Å². The van der Waals surface area contributed by atoms with E-state index in [0.717, 1.165) is 0 Å². The molecule has 1 aromatic carbocycles. The largest absolute Gasteiger partial charge is 0.380 e. The van der Waals surface area contributed by atoms with Crippen molar-refractivity contribution in [1.29, 1.82) is 0 Å². The first-order valence-electron chi connectivity index (χ1n) is 6.14. The van der Waals surface area contributed by atoms with Gasteiger partial charge in [0.1, 0.15) is 5.82 Å². The highest BCUT2D eigenvalue weighted by Gasteiger charge is 2.13. The van der Waals surface area contributed by atoms with E-state index in [1.54, 1.807) is 25.3 Å². The molecule has 2 aromatic rings. The van der Waals surface area contributed by atoms with Gasteiger partial charge in [-0.05, 0) is 12.1 Å². The van der Waals surface area contributed by atoms with Gasteiger partial charge in [0, 0.05) is 18.6 Å². The Labute approximate surface area is 120 Å². The third kappa shape index (κ3) is 4.03. The Bertz CT molecular complexity index is 546. The normalized spacial score (nSPS) is 12.6. The molecule has 1 unspecified atom stereocenters. The minimum Gasteiger partial charge on any atom is -0.380 e. The number of methoxy groups -OCH3 is 1. The molecule has 0 aliphatic heterocycles. The highest BCUT2D eigenvalue weighted by molar-refractivity contribution is 7.98. The van der Waals surface area contributed by atoms with Gasteiger partial charge in [-0.15, -0.1) is 11.8 Å². The molecule has 1 aromatic heterocycles. The van der Waals surface area contributed by atoms with E-state index in [1.807, 2.05) is 0 Å². The molecular formula is C13H16FN3O2S. The number of hydrogen-bond donors (Lipinski definition) is 1. The lowest BCUT2D eigenvalue weighted by Crippen LogP contribution is -2.24. The van der Waals surface area contributed by atoms with Crippen molar-refractivity contribution in [2.45, 2.75) is 23.2 Å². The number of nitrogens with zero attached hydrogens (tertiary/aromatic N) is 2. The van der Waals surface area contributed by atoms with Crippen LogP contribution in [0, 0.1) is 5.82 Å². The maximum absolute atomic E-state index is 13.4. The van der Waals surface area contributed by atoms with Crippen molar-refractivity contribution in [2.24, 2.45) is 5.73 Å². The summed E-state index contributed by atoms with van der Waals surface area (Å²) < 4.78 is 23.7. The minimum atomic E-state index is -0.246. The molecule has 1 atom stereocenters. The fourth-order valence-corrected chi connectivity index (χ4v) is 2.38. The average molecular weight is 297 g/mol. The van der Waals surface area contributed by atoms with E-state index in [1.165, 1.54) is 17.8 Å². The number of ether oxygens (including phenoxy) is 1.